The van der Waals surface area contributed by atoms with E-state index in [1.807, 2.05) is 0 Å². The number of urea groups is 1. The molecule has 16 heavy (non-hydrogen) atoms. The van der Waals surface area contributed by atoms with Crippen LogP contribution in [0.2, 0.25) is 0 Å². The van der Waals surface area contributed by atoms with Crippen LogP contribution in [0, 0.1) is 0 Å². The summed E-state index contributed by atoms with van der Waals surface area (Å²) in [5, 5.41) is 11.5. The van der Waals surface area contributed by atoms with Crippen molar-refractivity contribution < 1.29 is 18.4 Å². The minimum atomic E-state index is -3.31. The summed E-state index contributed by atoms with van der Waals surface area (Å²) >= 11 is 0. The third kappa shape index (κ3) is 3.21. The molecule has 0 saturated heterocycles. The van der Waals surface area contributed by atoms with Gasteiger partial charge < -0.3 is 5.32 Å². The van der Waals surface area contributed by atoms with Gasteiger partial charge in [-0.1, -0.05) is 6.07 Å². The molecular formula is C9H12N2O4S. The molecule has 1 aromatic carbocycles. The van der Waals surface area contributed by atoms with Crippen LogP contribution in [0.5, 0.6) is 0 Å². The SMILES string of the molecule is CN(O)C(=O)Nc1cccc(S(C)(=O)=O)c1. The molecule has 0 fully saturated rings. The van der Waals surface area contributed by atoms with Crippen molar-refractivity contribution in [2.45, 2.75) is 4.90 Å². The summed E-state index contributed by atoms with van der Waals surface area (Å²) < 4.78 is 22.5. The molecule has 0 spiro atoms. The number of carbonyl (C=O) groups excluding carboxylic acids is 1. The van der Waals surface area contributed by atoms with Crippen LogP contribution in [0.25, 0.3) is 0 Å². The zero-order valence-corrected chi connectivity index (χ0v) is 9.65. The van der Waals surface area contributed by atoms with Gasteiger partial charge in [-0.15, -0.1) is 0 Å². The molecule has 0 aliphatic rings. The zero-order valence-electron chi connectivity index (χ0n) is 8.84. The van der Waals surface area contributed by atoms with Crippen molar-refractivity contribution in [3.05, 3.63) is 24.3 Å². The molecule has 1 aromatic rings. The van der Waals surface area contributed by atoms with Gasteiger partial charge in [0.1, 0.15) is 0 Å². The number of hydroxylamine groups is 2. The fourth-order valence-electron chi connectivity index (χ4n) is 1.01. The summed E-state index contributed by atoms with van der Waals surface area (Å²) in [5.41, 5.74) is 0.300. The van der Waals surface area contributed by atoms with E-state index in [2.05, 4.69) is 5.32 Å². The van der Waals surface area contributed by atoms with E-state index in [1.165, 1.54) is 24.3 Å². The first-order valence-electron chi connectivity index (χ1n) is 4.34. The van der Waals surface area contributed by atoms with Gasteiger partial charge in [-0.05, 0) is 18.2 Å². The maximum absolute atomic E-state index is 11.2. The lowest BCUT2D eigenvalue weighted by molar-refractivity contribution is -0.0118. The summed E-state index contributed by atoms with van der Waals surface area (Å²) in [5.74, 6) is 0. The molecule has 0 saturated carbocycles. The van der Waals surface area contributed by atoms with Crippen molar-refractivity contribution in [2.24, 2.45) is 0 Å². The molecule has 88 valence electrons. The van der Waals surface area contributed by atoms with E-state index < -0.39 is 15.9 Å². The molecule has 7 heteroatoms. The lowest BCUT2D eigenvalue weighted by atomic mass is 10.3. The largest absolute Gasteiger partial charge is 0.345 e. The Hall–Kier alpha value is -1.60. The van der Waals surface area contributed by atoms with E-state index in [0.29, 0.717) is 10.8 Å². The van der Waals surface area contributed by atoms with Gasteiger partial charge in [0.15, 0.2) is 9.84 Å². The molecule has 0 unspecified atom stereocenters. The van der Waals surface area contributed by atoms with Crippen LogP contribution in [-0.2, 0) is 9.84 Å². The standard InChI is InChI=1S/C9H12N2O4S/c1-11(13)9(12)10-7-4-3-5-8(6-7)16(2,14)15/h3-6,13H,1-2H3,(H,10,12). The maximum atomic E-state index is 11.2. The fraction of sp³-hybridized carbons (Fsp3) is 0.222. The third-order valence-corrected chi connectivity index (χ3v) is 2.92. The average molecular weight is 244 g/mol. The molecule has 0 aromatic heterocycles. The number of anilines is 1. The number of amides is 2. The zero-order chi connectivity index (χ0) is 12.3. The topological polar surface area (TPSA) is 86.7 Å². The maximum Gasteiger partial charge on any atom is 0.345 e. The van der Waals surface area contributed by atoms with E-state index in [9.17, 15) is 13.2 Å². The van der Waals surface area contributed by atoms with Crippen molar-refractivity contribution in [1.82, 2.24) is 5.06 Å². The van der Waals surface area contributed by atoms with Crippen LogP contribution in [0.1, 0.15) is 0 Å². The Morgan fingerprint density at radius 1 is 1.44 bits per heavy atom. The highest BCUT2D eigenvalue weighted by Gasteiger charge is 2.10. The molecule has 0 atom stereocenters. The Kier molecular flexibility index (Phi) is 3.51. The molecule has 2 amide bonds. The van der Waals surface area contributed by atoms with Gasteiger partial charge in [-0.2, -0.15) is 0 Å². The normalized spacial score (nSPS) is 10.9. The highest BCUT2D eigenvalue weighted by atomic mass is 32.2. The van der Waals surface area contributed by atoms with Gasteiger partial charge in [0, 0.05) is 19.0 Å². The van der Waals surface area contributed by atoms with Gasteiger partial charge in [0.2, 0.25) is 0 Å². The predicted octanol–water partition coefficient (Wildman–Crippen LogP) is 0.943. The average Bonchev–Trinajstić information content (AvgIpc) is 2.16. The molecule has 0 aliphatic carbocycles. The number of hydrogen-bond donors (Lipinski definition) is 2. The third-order valence-electron chi connectivity index (χ3n) is 1.81. The Labute approximate surface area is 93.4 Å². The van der Waals surface area contributed by atoms with Crippen molar-refractivity contribution in [3.63, 3.8) is 0 Å². The second kappa shape index (κ2) is 4.50. The molecule has 0 radical (unpaired) electrons. The summed E-state index contributed by atoms with van der Waals surface area (Å²) in [6.07, 6.45) is 1.08. The predicted molar refractivity (Wildman–Crippen MR) is 58.1 cm³/mol. The van der Waals surface area contributed by atoms with Crippen LogP contribution in [0.15, 0.2) is 29.2 Å². The van der Waals surface area contributed by atoms with Crippen LogP contribution in [0.4, 0.5) is 10.5 Å². The molecule has 0 aliphatic heterocycles. The highest BCUT2D eigenvalue weighted by Crippen LogP contribution is 2.15. The second-order valence-electron chi connectivity index (χ2n) is 3.25. The quantitative estimate of drug-likeness (QED) is 0.599. The van der Waals surface area contributed by atoms with Crippen molar-refractivity contribution in [3.8, 4) is 0 Å². The van der Waals surface area contributed by atoms with E-state index in [0.717, 1.165) is 13.3 Å². The Morgan fingerprint density at radius 2 is 2.06 bits per heavy atom. The van der Waals surface area contributed by atoms with Crippen molar-refractivity contribution >= 4 is 21.6 Å². The van der Waals surface area contributed by atoms with Crippen LogP contribution in [-0.4, -0.2) is 38.0 Å². The first-order valence-corrected chi connectivity index (χ1v) is 6.23. The number of sulfone groups is 1. The second-order valence-corrected chi connectivity index (χ2v) is 5.27. The van der Waals surface area contributed by atoms with Gasteiger partial charge in [0.05, 0.1) is 4.90 Å². The summed E-state index contributed by atoms with van der Waals surface area (Å²) in [7, 11) is -2.15. The van der Waals surface area contributed by atoms with E-state index >= 15 is 0 Å². The molecular weight excluding hydrogens is 232 g/mol. The number of carbonyl (C=O) groups is 1. The summed E-state index contributed by atoms with van der Waals surface area (Å²) in [6, 6.07) is 5.02. The molecule has 2 N–H and O–H groups in total. The first-order chi connectivity index (χ1) is 7.30. The van der Waals surface area contributed by atoms with E-state index in [-0.39, 0.29) is 4.90 Å². The van der Waals surface area contributed by atoms with Gasteiger partial charge >= 0.3 is 6.03 Å². The van der Waals surface area contributed by atoms with Crippen molar-refractivity contribution in [2.75, 3.05) is 18.6 Å². The van der Waals surface area contributed by atoms with Gasteiger partial charge in [0.25, 0.3) is 0 Å². The Morgan fingerprint density at radius 3 is 2.56 bits per heavy atom. The minimum absolute atomic E-state index is 0.103. The van der Waals surface area contributed by atoms with E-state index in [4.69, 9.17) is 5.21 Å². The van der Waals surface area contributed by atoms with Crippen molar-refractivity contribution in [1.29, 1.82) is 0 Å². The minimum Gasteiger partial charge on any atom is -0.306 e. The number of nitrogens with zero attached hydrogens (tertiary/aromatic N) is 1. The monoisotopic (exact) mass is 244 g/mol. The Balaban J connectivity index is 2.96. The lowest BCUT2D eigenvalue weighted by Crippen LogP contribution is -2.27. The fourth-order valence-corrected chi connectivity index (χ4v) is 1.68. The number of rotatable bonds is 2. The van der Waals surface area contributed by atoms with Gasteiger partial charge in [-0.25, -0.2) is 18.3 Å². The lowest BCUT2D eigenvalue weighted by Gasteiger charge is -2.10. The van der Waals surface area contributed by atoms with Crippen LogP contribution >= 0.6 is 0 Å². The van der Waals surface area contributed by atoms with Crippen LogP contribution in [0.3, 0.4) is 0 Å². The van der Waals surface area contributed by atoms with Gasteiger partial charge in [-0.3, -0.25) is 5.21 Å². The number of benzene rings is 1. The molecule has 0 heterocycles. The van der Waals surface area contributed by atoms with Crippen LogP contribution < -0.4 is 5.32 Å². The highest BCUT2D eigenvalue weighted by molar-refractivity contribution is 7.90. The number of nitrogens with one attached hydrogen (secondary N) is 1. The summed E-state index contributed by atoms with van der Waals surface area (Å²) in [4.78, 5) is 11.2. The first kappa shape index (κ1) is 12.5. The summed E-state index contributed by atoms with van der Waals surface area (Å²) in [6.45, 7) is 0. The molecule has 6 nitrogen and oxygen atoms in total. The number of hydrogen-bond acceptors (Lipinski definition) is 4. The van der Waals surface area contributed by atoms with E-state index in [1.54, 1.807) is 0 Å². The molecule has 0 bridgehead atoms. The Bertz CT molecular complexity index is 496. The smallest absolute Gasteiger partial charge is 0.306 e. The molecule has 1 rings (SSSR count).